The molecule has 0 saturated carbocycles. The molecule has 0 aromatic heterocycles. The first kappa shape index (κ1) is 28.1. The summed E-state index contributed by atoms with van der Waals surface area (Å²) in [6.07, 6.45) is 7.96. The molecule has 0 aliphatic carbocycles. The van der Waals surface area contributed by atoms with Gasteiger partial charge in [-0.25, -0.2) is 0 Å². The summed E-state index contributed by atoms with van der Waals surface area (Å²) in [5.41, 5.74) is 1.33. The predicted octanol–water partition coefficient (Wildman–Crippen LogP) is 4.55. The number of halogens is 1. The molecule has 2 aromatic rings. The van der Waals surface area contributed by atoms with E-state index in [0.29, 0.717) is 17.3 Å². The van der Waals surface area contributed by atoms with E-state index in [1.165, 1.54) is 11.8 Å². The van der Waals surface area contributed by atoms with E-state index in [0.717, 1.165) is 5.69 Å². The molecule has 7 nitrogen and oxygen atoms in total. The van der Waals surface area contributed by atoms with E-state index in [9.17, 15) is 19.5 Å². The number of amides is 3. The van der Waals surface area contributed by atoms with Gasteiger partial charge in [0.25, 0.3) is 5.91 Å². The number of anilines is 2. The molecule has 4 heterocycles. The lowest BCUT2D eigenvalue weighted by Gasteiger charge is -2.41. The van der Waals surface area contributed by atoms with Crippen LogP contribution in [0.3, 0.4) is 0 Å². The second kappa shape index (κ2) is 10.3. The normalized spacial score (nSPS) is 31.7. The number of rotatable bonds is 5. The first-order chi connectivity index (χ1) is 19.6. The number of hydrogen-bond acceptors (Lipinski definition) is 5. The van der Waals surface area contributed by atoms with E-state index in [-0.39, 0.29) is 36.8 Å². The van der Waals surface area contributed by atoms with Crippen molar-refractivity contribution in [2.45, 2.75) is 42.3 Å². The molecular weight excluding hydrogens is 558 g/mol. The van der Waals surface area contributed by atoms with Crippen LogP contribution < -0.4 is 9.80 Å². The molecule has 1 N–H and O–H groups in total. The standard InChI is InChI=1S/C32H34ClN3O4S/c1-20(2)24(19-37)36-27-30(40)35(23-14-8-7-13-22(23)33)18-10-16-32(27)26(29(36)39)25-28(38)34(21-11-5-4-6-12-21)17-9-15-31(25,3)41-32/h4-16,20,24-27,37H,17-19H2,1-3H3/t24-,25+,26-,27?,31-,32-/m0/s1. The number of nitrogens with zero attached hydrogens (tertiary/aromatic N) is 3. The molecule has 0 radical (unpaired) electrons. The lowest BCUT2D eigenvalue weighted by Crippen LogP contribution is -2.58. The van der Waals surface area contributed by atoms with E-state index in [1.807, 2.05) is 87.5 Å². The molecule has 214 valence electrons. The van der Waals surface area contributed by atoms with Crippen molar-refractivity contribution in [3.63, 3.8) is 0 Å². The van der Waals surface area contributed by atoms with Gasteiger partial charge in [0.15, 0.2) is 0 Å². The van der Waals surface area contributed by atoms with E-state index < -0.39 is 33.4 Å². The Morgan fingerprint density at radius 2 is 1.56 bits per heavy atom. The minimum atomic E-state index is -1.01. The summed E-state index contributed by atoms with van der Waals surface area (Å²) in [6, 6.07) is 15.2. The minimum absolute atomic E-state index is 0.115. The quantitative estimate of drug-likeness (QED) is 0.516. The first-order valence-corrected chi connectivity index (χ1v) is 15.2. The largest absolute Gasteiger partial charge is 0.394 e. The first-order valence-electron chi connectivity index (χ1n) is 14.1. The topological polar surface area (TPSA) is 81.2 Å². The lowest BCUT2D eigenvalue weighted by atomic mass is 9.74. The number of benzene rings is 2. The highest BCUT2D eigenvalue weighted by Gasteiger charge is 2.74. The van der Waals surface area contributed by atoms with Crippen molar-refractivity contribution in [3.05, 3.63) is 83.9 Å². The van der Waals surface area contributed by atoms with Crippen molar-refractivity contribution in [2.24, 2.45) is 17.8 Å². The highest BCUT2D eigenvalue weighted by atomic mass is 35.5. The molecule has 3 amide bonds. The fourth-order valence-corrected chi connectivity index (χ4v) is 9.55. The number of carbonyl (C=O) groups is 3. The van der Waals surface area contributed by atoms with E-state index >= 15 is 0 Å². The number of fused-ring (bicyclic) bond motifs is 2. The molecule has 41 heavy (non-hydrogen) atoms. The molecule has 2 fully saturated rings. The van der Waals surface area contributed by atoms with Gasteiger partial charge in [-0.15, -0.1) is 11.8 Å². The number of aliphatic hydroxyl groups excluding tert-OH is 1. The van der Waals surface area contributed by atoms with Crippen molar-refractivity contribution in [1.29, 1.82) is 0 Å². The Labute approximate surface area is 249 Å². The lowest BCUT2D eigenvalue weighted by molar-refractivity contribution is -0.143. The second-order valence-electron chi connectivity index (χ2n) is 11.7. The third-order valence-corrected chi connectivity index (χ3v) is 11.1. The van der Waals surface area contributed by atoms with Crippen LogP contribution in [-0.2, 0) is 14.4 Å². The van der Waals surface area contributed by atoms with Gasteiger partial charge >= 0.3 is 0 Å². The number of likely N-dealkylation sites (tertiary alicyclic amines) is 1. The molecule has 1 spiro atoms. The van der Waals surface area contributed by atoms with Crippen LogP contribution in [0.1, 0.15) is 20.8 Å². The maximum absolute atomic E-state index is 14.7. The van der Waals surface area contributed by atoms with Crippen molar-refractivity contribution in [1.82, 2.24) is 4.90 Å². The Bertz CT molecular complexity index is 1450. The monoisotopic (exact) mass is 591 g/mol. The minimum Gasteiger partial charge on any atom is -0.394 e. The van der Waals surface area contributed by atoms with Crippen LogP contribution in [0.25, 0.3) is 0 Å². The Morgan fingerprint density at radius 3 is 2.24 bits per heavy atom. The average Bonchev–Trinajstić information content (AvgIpc) is 3.21. The van der Waals surface area contributed by atoms with Crippen LogP contribution in [0.4, 0.5) is 11.4 Å². The van der Waals surface area contributed by atoms with Crippen LogP contribution in [0.15, 0.2) is 78.9 Å². The summed E-state index contributed by atoms with van der Waals surface area (Å²) >= 11 is 8.10. The zero-order valence-corrected chi connectivity index (χ0v) is 24.9. The predicted molar refractivity (Wildman–Crippen MR) is 163 cm³/mol. The van der Waals surface area contributed by atoms with Crippen molar-refractivity contribution < 1.29 is 19.5 Å². The molecule has 2 saturated heterocycles. The van der Waals surface area contributed by atoms with Gasteiger partial charge in [-0.05, 0) is 37.1 Å². The number of para-hydroxylation sites is 2. The third-order valence-electron chi connectivity index (χ3n) is 9.02. The highest BCUT2D eigenvalue weighted by molar-refractivity contribution is 8.02. The zero-order chi connectivity index (χ0) is 29.1. The third kappa shape index (κ3) is 4.17. The van der Waals surface area contributed by atoms with Gasteiger partial charge in [0, 0.05) is 23.5 Å². The summed E-state index contributed by atoms with van der Waals surface area (Å²) in [6.45, 7) is 6.27. The van der Waals surface area contributed by atoms with Gasteiger partial charge in [0.1, 0.15) is 6.04 Å². The summed E-state index contributed by atoms with van der Waals surface area (Å²) in [5.74, 6) is -2.27. The van der Waals surface area contributed by atoms with Crippen molar-refractivity contribution in [2.75, 3.05) is 29.5 Å². The van der Waals surface area contributed by atoms with Gasteiger partial charge in [-0.2, -0.15) is 0 Å². The van der Waals surface area contributed by atoms with Crippen LogP contribution in [0.5, 0.6) is 0 Å². The molecule has 1 unspecified atom stereocenters. The number of aliphatic hydroxyl groups is 1. The smallest absolute Gasteiger partial charge is 0.251 e. The van der Waals surface area contributed by atoms with Crippen LogP contribution in [0, 0.1) is 17.8 Å². The summed E-state index contributed by atoms with van der Waals surface area (Å²) in [7, 11) is 0. The molecule has 4 aliphatic heterocycles. The van der Waals surface area contributed by atoms with Gasteiger partial charge in [0.05, 0.1) is 39.9 Å². The Hall–Kier alpha value is -3.07. The van der Waals surface area contributed by atoms with E-state index in [1.54, 1.807) is 26.8 Å². The van der Waals surface area contributed by atoms with Crippen LogP contribution >= 0.6 is 23.4 Å². The van der Waals surface area contributed by atoms with Crippen molar-refractivity contribution >= 4 is 52.5 Å². The summed E-state index contributed by atoms with van der Waals surface area (Å²) in [4.78, 5) is 48.8. The average molecular weight is 592 g/mol. The van der Waals surface area contributed by atoms with E-state index in [2.05, 4.69) is 0 Å². The number of carbonyl (C=O) groups excluding carboxylic acids is 3. The number of thioether (sulfide) groups is 1. The Balaban J connectivity index is 1.52. The zero-order valence-electron chi connectivity index (χ0n) is 23.3. The molecule has 6 rings (SSSR count). The maximum atomic E-state index is 14.7. The maximum Gasteiger partial charge on any atom is 0.251 e. The molecular formula is C32H34ClN3O4S. The fraction of sp³-hybridized carbons (Fsp3) is 0.406. The Kier molecular flexibility index (Phi) is 7.07. The van der Waals surface area contributed by atoms with Crippen LogP contribution in [-0.4, -0.2) is 69.0 Å². The molecule has 9 heteroatoms. The second-order valence-corrected chi connectivity index (χ2v) is 13.9. The number of hydrogen-bond donors (Lipinski definition) is 1. The van der Waals surface area contributed by atoms with Gasteiger partial charge in [-0.3, -0.25) is 14.4 Å². The summed E-state index contributed by atoms with van der Waals surface area (Å²) < 4.78 is -1.73. The van der Waals surface area contributed by atoms with Gasteiger partial charge < -0.3 is 19.8 Å². The molecule has 4 aliphatic rings. The van der Waals surface area contributed by atoms with Gasteiger partial charge in [-0.1, -0.05) is 80.1 Å². The van der Waals surface area contributed by atoms with Crippen molar-refractivity contribution in [3.8, 4) is 0 Å². The summed E-state index contributed by atoms with van der Waals surface area (Å²) in [5, 5.41) is 11.0. The molecule has 0 bridgehead atoms. The SMILES string of the molecule is CC(C)[C@H](CO)N1C(=O)[C@@H]2[C@@H]3C(=O)N(c4ccccc4)CC=C[C@]3(C)S[C@@]23C=CCN(c2ccccc2Cl)C(=O)C13. The van der Waals surface area contributed by atoms with E-state index in [4.69, 9.17) is 11.6 Å². The Morgan fingerprint density at radius 1 is 0.902 bits per heavy atom. The van der Waals surface area contributed by atoms with Gasteiger partial charge in [0.2, 0.25) is 11.8 Å². The highest BCUT2D eigenvalue weighted by Crippen LogP contribution is 2.66. The molecule has 6 atom stereocenters. The fourth-order valence-electron chi connectivity index (χ4n) is 7.17. The molecule has 2 aromatic carbocycles. The van der Waals surface area contributed by atoms with Crippen LogP contribution in [0.2, 0.25) is 5.02 Å².